The number of hydrogen-bond acceptors (Lipinski definition) is 3. The van der Waals surface area contributed by atoms with Gasteiger partial charge in [-0.2, -0.15) is 0 Å². The lowest BCUT2D eigenvalue weighted by atomic mass is 10.2. The normalized spacial score (nSPS) is 16.4. The number of thioether (sulfide) groups is 1. The monoisotopic (exact) mass is 263 g/mol. The number of anilines is 1. The Morgan fingerprint density at radius 3 is 2.82 bits per heavy atom. The number of aryl methyl sites for hydroxylation is 1. The van der Waals surface area contributed by atoms with Crippen LogP contribution in [0.4, 0.5) is 5.69 Å². The molecule has 0 saturated carbocycles. The molecule has 0 aromatic heterocycles. The van der Waals surface area contributed by atoms with Crippen LogP contribution in [0.15, 0.2) is 34.2 Å². The highest BCUT2D eigenvalue weighted by molar-refractivity contribution is 8.03. The second-order valence-corrected chi connectivity index (χ2v) is 5.71. The van der Waals surface area contributed by atoms with Crippen LogP contribution in [0.3, 0.4) is 0 Å². The molecule has 0 radical (unpaired) electrons. The maximum absolute atomic E-state index is 5.31. The lowest BCUT2D eigenvalue weighted by Gasteiger charge is -2.18. The molecule has 1 aromatic rings. The lowest BCUT2D eigenvalue weighted by Crippen LogP contribution is -2.17. The van der Waals surface area contributed by atoms with E-state index in [0.717, 1.165) is 17.8 Å². The molecule has 0 unspecified atom stereocenters. The largest absolute Gasteiger partial charge is 0.335 e. The molecule has 0 atom stereocenters. The zero-order valence-electron chi connectivity index (χ0n) is 10.5. The first-order valence-electron chi connectivity index (χ1n) is 5.96. The van der Waals surface area contributed by atoms with E-state index >= 15 is 0 Å². The number of fused-ring (bicyclic) bond motifs is 1. The van der Waals surface area contributed by atoms with E-state index in [0.29, 0.717) is 0 Å². The van der Waals surface area contributed by atoms with Crippen molar-refractivity contribution in [2.75, 3.05) is 11.4 Å². The molecule has 3 heteroatoms. The molecule has 90 valence electrons. The fraction of sp³-hybridized carbons (Fsp3) is 0.357. The van der Waals surface area contributed by atoms with Gasteiger partial charge in [0.05, 0.1) is 10.7 Å². The van der Waals surface area contributed by atoms with Gasteiger partial charge < -0.3 is 4.90 Å². The number of nitrogens with zero attached hydrogens (tertiary/aromatic N) is 1. The predicted molar refractivity (Wildman–Crippen MR) is 81.0 cm³/mol. The third kappa shape index (κ3) is 2.55. The molecule has 1 aromatic carbocycles. The smallest absolute Gasteiger partial charge is 0.0812 e. The molecule has 0 amide bonds. The first-order valence-corrected chi connectivity index (χ1v) is 7.18. The van der Waals surface area contributed by atoms with Crippen LogP contribution in [0.5, 0.6) is 0 Å². The Balaban J connectivity index is 2.38. The summed E-state index contributed by atoms with van der Waals surface area (Å²) >= 11 is 7.13. The van der Waals surface area contributed by atoms with Gasteiger partial charge in [-0.15, -0.1) is 0 Å². The third-order valence-electron chi connectivity index (χ3n) is 2.83. The summed E-state index contributed by atoms with van der Waals surface area (Å²) in [7, 11) is 0. The summed E-state index contributed by atoms with van der Waals surface area (Å²) in [5.74, 6) is 0. The van der Waals surface area contributed by atoms with E-state index in [4.69, 9.17) is 12.2 Å². The first kappa shape index (κ1) is 12.7. The van der Waals surface area contributed by atoms with E-state index < -0.39 is 0 Å². The van der Waals surface area contributed by atoms with Gasteiger partial charge in [-0.1, -0.05) is 37.0 Å². The zero-order valence-corrected chi connectivity index (χ0v) is 12.1. The number of thiocarbonyl (C=S) groups is 1. The van der Waals surface area contributed by atoms with Gasteiger partial charge in [0.15, 0.2) is 0 Å². The van der Waals surface area contributed by atoms with Crippen LogP contribution in [0.1, 0.15) is 25.8 Å². The Bertz CT molecular complexity index is 477. The van der Waals surface area contributed by atoms with Crippen LogP contribution in [0, 0.1) is 6.92 Å². The van der Waals surface area contributed by atoms with E-state index in [2.05, 4.69) is 49.9 Å². The maximum atomic E-state index is 5.31. The number of hydrogen-bond donors (Lipinski definition) is 0. The quantitative estimate of drug-likeness (QED) is 0.582. The van der Waals surface area contributed by atoms with Gasteiger partial charge in [0.25, 0.3) is 0 Å². The standard InChI is InChI=1S/C14H17NS2/c1-4-11(16)9-14-15(5-2)12-8-10(3)6-7-13(12)17-14/h6-9H,4-5H2,1-3H3/b14-9+. The molecule has 1 aliphatic rings. The number of rotatable bonds is 3. The average Bonchev–Trinajstić information content (AvgIpc) is 2.65. The van der Waals surface area contributed by atoms with Crippen LogP contribution >= 0.6 is 24.0 Å². The molecule has 1 nitrogen and oxygen atoms in total. The summed E-state index contributed by atoms with van der Waals surface area (Å²) in [5, 5.41) is 1.26. The Morgan fingerprint density at radius 1 is 1.41 bits per heavy atom. The average molecular weight is 263 g/mol. The van der Waals surface area contributed by atoms with Crippen molar-refractivity contribution in [3.8, 4) is 0 Å². The van der Waals surface area contributed by atoms with Crippen molar-refractivity contribution in [3.63, 3.8) is 0 Å². The van der Waals surface area contributed by atoms with E-state index in [1.165, 1.54) is 21.2 Å². The minimum absolute atomic E-state index is 0.937. The molecule has 1 aliphatic heterocycles. The van der Waals surface area contributed by atoms with Crippen molar-refractivity contribution in [3.05, 3.63) is 34.9 Å². The van der Waals surface area contributed by atoms with Gasteiger partial charge in [0, 0.05) is 16.3 Å². The highest BCUT2D eigenvalue weighted by atomic mass is 32.2. The van der Waals surface area contributed by atoms with Crippen molar-refractivity contribution in [2.24, 2.45) is 0 Å². The van der Waals surface area contributed by atoms with E-state index in [1.54, 1.807) is 0 Å². The molecular weight excluding hydrogens is 246 g/mol. The Kier molecular flexibility index (Phi) is 3.89. The number of benzene rings is 1. The van der Waals surface area contributed by atoms with Crippen LogP contribution in [-0.2, 0) is 0 Å². The summed E-state index contributed by atoms with van der Waals surface area (Å²) in [5.41, 5.74) is 2.63. The SMILES string of the molecule is CCC(=S)/C=C1/Sc2ccc(C)cc2N1CC. The van der Waals surface area contributed by atoms with Gasteiger partial charge in [-0.25, -0.2) is 0 Å². The summed E-state index contributed by atoms with van der Waals surface area (Å²) in [6.45, 7) is 7.41. The minimum Gasteiger partial charge on any atom is -0.335 e. The van der Waals surface area contributed by atoms with Crippen LogP contribution in [-0.4, -0.2) is 11.4 Å². The van der Waals surface area contributed by atoms with Crippen molar-refractivity contribution in [1.82, 2.24) is 0 Å². The minimum atomic E-state index is 0.937. The van der Waals surface area contributed by atoms with Crippen molar-refractivity contribution >= 4 is 34.5 Å². The van der Waals surface area contributed by atoms with E-state index in [1.807, 2.05) is 11.8 Å². The van der Waals surface area contributed by atoms with E-state index in [-0.39, 0.29) is 0 Å². The van der Waals surface area contributed by atoms with Crippen LogP contribution < -0.4 is 4.90 Å². The predicted octanol–water partition coefficient (Wildman–Crippen LogP) is 4.55. The summed E-state index contributed by atoms with van der Waals surface area (Å²) in [6, 6.07) is 6.62. The molecule has 0 aliphatic carbocycles. The van der Waals surface area contributed by atoms with Gasteiger partial charge in [0.2, 0.25) is 0 Å². The molecule has 0 fully saturated rings. The van der Waals surface area contributed by atoms with Crippen molar-refractivity contribution in [1.29, 1.82) is 0 Å². The van der Waals surface area contributed by atoms with E-state index in [9.17, 15) is 0 Å². The molecule has 0 saturated heterocycles. The zero-order chi connectivity index (χ0) is 12.4. The lowest BCUT2D eigenvalue weighted by molar-refractivity contribution is 1.00. The van der Waals surface area contributed by atoms with Crippen LogP contribution in [0.2, 0.25) is 0 Å². The van der Waals surface area contributed by atoms with Crippen molar-refractivity contribution < 1.29 is 0 Å². The second-order valence-electron chi connectivity index (χ2n) is 4.12. The van der Waals surface area contributed by atoms with Crippen LogP contribution in [0.25, 0.3) is 0 Å². The second kappa shape index (κ2) is 5.23. The fourth-order valence-electron chi connectivity index (χ4n) is 1.88. The Labute approximate surface area is 113 Å². The Hall–Kier alpha value is -0.800. The van der Waals surface area contributed by atoms with Gasteiger partial charge in [-0.3, -0.25) is 0 Å². The molecule has 1 heterocycles. The Morgan fingerprint density at radius 2 is 2.18 bits per heavy atom. The number of allylic oxidation sites excluding steroid dienone is 1. The highest BCUT2D eigenvalue weighted by Gasteiger charge is 2.23. The van der Waals surface area contributed by atoms with Gasteiger partial charge >= 0.3 is 0 Å². The fourth-order valence-corrected chi connectivity index (χ4v) is 3.24. The molecule has 0 N–H and O–H groups in total. The first-order chi connectivity index (χ1) is 8.15. The van der Waals surface area contributed by atoms with Gasteiger partial charge in [-0.05, 0) is 44.0 Å². The highest BCUT2D eigenvalue weighted by Crippen LogP contribution is 2.46. The molecule has 17 heavy (non-hydrogen) atoms. The molecular formula is C14H17NS2. The summed E-state index contributed by atoms with van der Waals surface area (Å²) < 4.78 is 0. The molecule has 0 spiro atoms. The van der Waals surface area contributed by atoms with Gasteiger partial charge in [0.1, 0.15) is 0 Å². The van der Waals surface area contributed by atoms with Crippen molar-refractivity contribution in [2.45, 2.75) is 32.1 Å². The molecule has 0 bridgehead atoms. The summed E-state index contributed by atoms with van der Waals surface area (Å²) in [6.07, 6.45) is 3.07. The maximum Gasteiger partial charge on any atom is 0.0812 e. The third-order valence-corrected chi connectivity index (χ3v) is 4.35. The topological polar surface area (TPSA) is 3.24 Å². The summed E-state index contributed by atoms with van der Waals surface area (Å²) in [4.78, 5) is 4.70. The molecule has 2 rings (SSSR count).